The third-order valence-electron chi connectivity index (χ3n) is 5.32. The van der Waals surface area contributed by atoms with E-state index in [2.05, 4.69) is 31.6 Å². The number of carboxylic acid groups (broad SMARTS) is 1. The predicted octanol–water partition coefficient (Wildman–Crippen LogP) is 2.28. The molecule has 9 nitrogen and oxygen atoms in total. The number of nitrogens with one attached hydrogen (secondary N) is 2. The molecule has 10 heteroatoms. The summed E-state index contributed by atoms with van der Waals surface area (Å²) in [6.07, 6.45) is 2.32. The number of ether oxygens (including phenoxy) is 1. The molecule has 5 N–H and O–H groups in total. The van der Waals surface area contributed by atoms with Crippen molar-refractivity contribution in [3.8, 4) is 0 Å². The largest absolute Gasteiger partial charge is 0.478 e. The predicted molar refractivity (Wildman–Crippen MR) is 129 cm³/mol. The van der Waals surface area contributed by atoms with Gasteiger partial charge in [0, 0.05) is 23.4 Å². The van der Waals surface area contributed by atoms with Crippen LogP contribution in [0.4, 0.5) is 0 Å². The molecular formula is C23H31BrN4O5. The fourth-order valence-corrected chi connectivity index (χ4v) is 3.92. The fraction of sp³-hybridized carbons (Fsp3) is 0.478. The van der Waals surface area contributed by atoms with Crippen LogP contribution in [0.3, 0.4) is 0 Å². The third kappa shape index (κ3) is 8.29. The highest BCUT2D eigenvalue weighted by molar-refractivity contribution is 9.10. The van der Waals surface area contributed by atoms with Gasteiger partial charge in [-0.2, -0.15) is 0 Å². The van der Waals surface area contributed by atoms with E-state index in [0.717, 1.165) is 22.9 Å². The molecule has 0 fully saturated rings. The minimum Gasteiger partial charge on any atom is -0.478 e. The Morgan fingerprint density at radius 1 is 1.24 bits per heavy atom. The molecule has 0 bridgehead atoms. The van der Waals surface area contributed by atoms with Crippen LogP contribution < -0.4 is 16.4 Å². The zero-order chi connectivity index (χ0) is 24.5. The molecule has 0 heterocycles. The molecule has 0 spiro atoms. The lowest BCUT2D eigenvalue weighted by Crippen LogP contribution is -2.54. The number of nitrogens with zero attached hydrogens (tertiary/aromatic N) is 1. The molecule has 2 rings (SSSR count). The lowest BCUT2D eigenvalue weighted by molar-refractivity contribution is -0.133. The van der Waals surface area contributed by atoms with Gasteiger partial charge in [-0.05, 0) is 36.6 Å². The van der Waals surface area contributed by atoms with Crippen molar-refractivity contribution in [2.24, 2.45) is 10.7 Å². The maximum absolute atomic E-state index is 12.4. The van der Waals surface area contributed by atoms with E-state index in [1.54, 1.807) is 0 Å². The van der Waals surface area contributed by atoms with Crippen molar-refractivity contribution < 1.29 is 24.2 Å². The SMILES string of the molecule is CCC(CC)O[C@@H]1C=C(C(=O)O)C[C@H](N=C(N)NC(=O)Cc2ccc(Br)cc2)[C@H]1NC(C)=O. The molecule has 0 aliphatic heterocycles. The fourth-order valence-electron chi connectivity index (χ4n) is 3.65. The van der Waals surface area contributed by atoms with E-state index in [4.69, 9.17) is 10.5 Å². The molecule has 33 heavy (non-hydrogen) atoms. The van der Waals surface area contributed by atoms with Crippen LogP contribution in [0.15, 0.2) is 45.4 Å². The number of carbonyl (C=O) groups is 3. The van der Waals surface area contributed by atoms with Gasteiger partial charge in [-0.25, -0.2) is 9.79 Å². The standard InChI is InChI=1S/C23H31BrN4O5/c1-4-17(5-2)33-19-12-15(22(31)32)11-18(21(19)26-13(3)29)27-23(25)28-20(30)10-14-6-8-16(24)9-7-14/h6-9,12,17-19,21H,4-5,10-11H2,1-3H3,(H,26,29)(H,31,32)(H3,25,27,28,30)/t18-,19+,21+/m0/s1. The molecule has 0 unspecified atom stereocenters. The monoisotopic (exact) mass is 522 g/mol. The van der Waals surface area contributed by atoms with Crippen molar-refractivity contribution in [1.82, 2.24) is 10.6 Å². The van der Waals surface area contributed by atoms with Crippen LogP contribution in [0.2, 0.25) is 0 Å². The minimum absolute atomic E-state index is 0.0341. The lowest BCUT2D eigenvalue weighted by Gasteiger charge is -2.36. The summed E-state index contributed by atoms with van der Waals surface area (Å²) < 4.78 is 7.01. The van der Waals surface area contributed by atoms with E-state index in [1.807, 2.05) is 38.1 Å². The second-order valence-electron chi connectivity index (χ2n) is 7.90. The van der Waals surface area contributed by atoms with Crippen LogP contribution >= 0.6 is 15.9 Å². The normalized spacial score (nSPS) is 20.8. The molecule has 0 saturated carbocycles. The van der Waals surface area contributed by atoms with Gasteiger partial charge < -0.3 is 20.9 Å². The van der Waals surface area contributed by atoms with Crippen LogP contribution in [0, 0.1) is 0 Å². The van der Waals surface area contributed by atoms with Crippen molar-refractivity contribution in [3.63, 3.8) is 0 Å². The van der Waals surface area contributed by atoms with E-state index in [1.165, 1.54) is 13.0 Å². The second kappa shape index (κ2) is 12.5. The molecule has 1 aromatic rings. The molecule has 1 aliphatic rings. The average Bonchev–Trinajstić information content (AvgIpc) is 2.74. The number of carbonyl (C=O) groups excluding carboxylic acids is 2. The Morgan fingerprint density at radius 2 is 1.88 bits per heavy atom. The van der Waals surface area contributed by atoms with E-state index >= 15 is 0 Å². The zero-order valence-corrected chi connectivity index (χ0v) is 20.6. The van der Waals surface area contributed by atoms with Crippen LogP contribution in [-0.4, -0.2) is 53.1 Å². The van der Waals surface area contributed by atoms with Crippen LogP contribution in [0.25, 0.3) is 0 Å². The number of halogens is 1. The van der Waals surface area contributed by atoms with E-state index in [-0.39, 0.29) is 42.3 Å². The maximum Gasteiger partial charge on any atom is 0.331 e. The summed E-state index contributed by atoms with van der Waals surface area (Å²) in [5, 5.41) is 15.0. The van der Waals surface area contributed by atoms with Crippen LogP contribution in [-0.2, 0) is 25.5 Å². The van der Waals surface area contributed by atoms with Gasteiger partial charge in [-0.3, -0.25) is 14.9 Å². The van der Waals surface area contributed by atoms with E-state index in [9.17, 15) is 19.5 Å². The Bertz CT molecular complexity index is 912. The summed E-state index contributed by atoms with van der Waals surface area (Å²) >= 11 is 3.35. The Hall–Kier alpha value is -2.72. The first kappa shape index (κ1) is 26.5. The summed E-state index contributed by atoms with van der Waals surface area (Å²) in [7, 11) is 0. The van der Waals surface area contributed by atoms with Crippen molar-refractivity contribution in [2.75, 3.05) is 0 Å². The number of amides is 2. The summed E-state index contributed by atoms with van der Waals surface area (Å²) in [6.45, 7) is 5.32. The second-order valence-corrected chi connectivity index (χ2v) is 8.82. The Labute approximate surface area is 202 Å². The molecular weight excluding hydrogens is 492 g/mol. The van der Waals surface area contributed by atoms with Gasteiger partial charge in [0.1, 0.15) is 0 Å². The molecule has 0 saturated heterocycles. The summed E-state index contributed by atoms with van der Waals surface area (Å²) in [5.41, 5.74) is 6.91. The number of guanidine groups is 1. The van der Waals surface area contributed by atoms with Crippen molar-refractivity contribution >= 4 is 39.7 Å². The van der Waals surface area contributed by atoms with Gasteiger partial charge in [0.15, 0.2) is 5.96 Å². The Balaban J connectivity index is 2.23. The van der Waals surface area contributed by atoms with Crippen LogP contribution in [0.5, 0.6) is 0 Å². The molecule has 2 amide bonds. The van der Waals surface area contributed by atoms with Crippen molar-refractivity contribution in [3.05, 3.63) is 46.0 Å². The van der Waals surface area contributed by atoms with E-state index < -0.39 is 24.2 Å². The minimum atomic E-state index is -1.09. The number of rotatable bonds is 9. The zero-order valence-electron chi connectivity index (χ0n) is 19.0. The average molecular weight is 523 g/mol. The van der Waals surface area contributed by atoms with Gasteiger partial charge in [0.2, 0.25) is 11.8 Å². The molecule has 1 aliphatic carbocycles. The first-order valence-electron chi connectivity index (χ1n) is 10.9. The van der Waals surface area contributed by atoms with Gasteiger partial charge >= 0.3 is 5.97 Å². The van der Waals surface area contributed by atoms with Crippen molar-refractivity contribution in [1.29, 1.82) is 0 Å². The molecule has 0 radical (unpaired) electrons. The summed E-state index contributed by atoms with van der Waals surface area (Å²) in [5.74, 6) is -1.90. The summed E-state index contributed by atoms with van der Waals surface area (Å²) in [6, 6.07) is 5.94. The highest BCUT2D eigenvalue weighted by Gasteiger charge is 2.37. The van der Waals surface area contributed by atoms with Crippen LogP contribution in [0.1, 0.15) is 45.6 Å². The topological polar surface area (TPSA) is 143 Å². The molecule has 3 atom stereocenters. The highest BCUT2D eigenvalue weighted by atomic mass is 79.9. The first-order valence-corrected chi connectivity index (χ1v) is 11.7. The first-order chi connectivity index (χ1) is 15.6. The van der Waals surface area contributed by atoms with Gasteiger partial charge in [-0.1, -0.05) is 41.9 Å². The number of hydrogen-bond acceptors (Lipinski definition) is 5. The number of benzene rings is 1. The lowest BCUT2D eigenvalue weighted by atomic mass is 9.88. The van der Waals surface area contributed by atoms with E-state index in [0.29, 0.717) is 0 Å². The smallest absolute Gasteiger partial charge is 0.331 e. The number of aliphatic carboxylic acids is 1. The summed E-state index contributed by atoms with van der Waals surface area (Å²) in [4.78, 5) is 40.4. The van der Waals surface area contributed by atoms with Gasteiger partial charge in [0.05, 0.1) is 30.7 Å². The van der Waals surface area contributed by atoms with Gasteiger partial charge in [-0.15, -0.1) is 0 Å². The van der Waals surface area contributed by atoms with Crippen molar-refractivity contribution in [2.45, 2.75) is 70.7 Å². The third-order valence-corrected chi connectivity index (χ3v) is 5.85. The Morgan fingerprint density at radius 3 is 2.42 bits per heavy atom. The molecule has 1 aromatic carbocycles. The Kier molecular flexibility index (Phi) is 10.1. The molecule has 0 aromatic heterocycles. The number of nitrogens with two attached hydrogens (primary N) is 1. The molecule has 180 valence electrons. The maximum atomic E-state index is 12.4. The van der Waals surface area contributed by atoms with Gasteiger partial charge in [0.25, 0.3) is 0 Å². The number of hydrogen-bond donors (Lipinski definition) is 4. The quantitative estimate of drug-likeness (QED) is 0.289. The number of aliphatic imine (C=N–C) groups is 1. The number of carboxylic acids is 1. The highest BCUT2D eigenvalue weighted by Crippen LogP contribution is 2.26.